The zero-order chi connectivity index (χ0) is 32.4. The molecule has 44 heavy (non-hydrogen) atoms. The van der Waals surface area contributed by atoms with Crippen LogP contribution in [0, 0.1) is 5.92 Å². The van der Waals surface area contributed by atoms with Crippen molar-refractivity contribution in [2.24, 2.45) is 5.92 Å². The predicted molar refractivity (Wildman–Crippen MR) is 193 cm³/mol. The first kappa shape index (κ1) is 39.9. The second-order valence-electron chi connectivity index (χ2n) is 13.5. The second-order valence-corrected chi connectivity index (χ2v) is 13.5. The molecule has 1 N–H and O–H groups in total. The molecule has 1 saturated heterocycles. The fourth-order valence-corrected chi connectivity index (χ4v) is 5.74. The van der Waals surface area contributed by atoms with Crippen LogP contribution < -0.4 is 5.32 Å². The van der Waals surface area contributed by atoms with Crippen LogP contribution in [0.1, 0.15) is 131 Å². The van der Waals surface area contributed by atoms with Gasteiger partial charge in [-0.3, -0.25) is 9.69 Å². The van der Waals surface area contributed by atoms with Crippen molar-refractivity contribution in [3.8, 4) is 0 Å². The third-order valence-corrected chi connectivity index (χ3v) is 8.53. The van der Waals surface area contributed by atoms with Crippen molar-refractivity contribution < 1.29 is 9.53 Å². The van der Waals surface area contributed by atoms with E-state index in [0.29, 0.717) is 0 Å². The topological polar surface area (TPSA) is 41.6 Å². The highest BCUT2D eigenvalue weighted by atomic mass is 16.5. The highest BCUT2D eigenvalue weighted by Gasteiger charge is 2.13. The van der Waals surface area contributed by atoms with Crippen molar-refractivity contribution in [1.82, 2.24) is 10.2 Å². The summed E-state index contributed by atoms with van der Waals surface area (Å²) in [5.74, 6) is 0.777. The Kier molecular flexibility index (Phi) is 23.6. The van der Waals surface area contributed by atoms with Gasteiger partial charge in [0.1, 0.15) is 0 Å². The van der Waals surface area contributed by atoms with Gasteiger partial charge in [-0.2, -0.15) is 0 Å². The van der Waals surface area contributed by atoms with Gasteiger partial charge in [-0.05, 0) is 144 Å². The lowest BCUT2D eigenvalue weighted by molar-refractivity contribution is -0.109. The number of carbonyl (C=O) groups excluding carboxylic acids is 1. The molecule has 0 aromatic rings. The first-order chi connectivity index (χ1) is 21.2. The summed E-state index contributed by atoms with van der Waals surface area (Å²) in [6, 6.07) is 0. The molecular formula is C40H68N2O2. The van der Waals surface area contributed by atoms with E-state index in [2.05, 4.69) is 88.7 Å². The van der Waals surface area contributed by atoms with E-state index in [9.17, 15) is 4.79 Å². The average molecular weight is 609 g/mol. The van der Waals surface area contributed by atoms with Gasteiger partial charge in [-0.15, -0.1) is 0 Å². The van der Waals surface area contributed by atoms with Crippen LogP contribution in [0.2, 0.25) is 0 Å². The average Bonchev–Trinajstić information content (AvgIpc) is 2.99. The van der Waals surface area contributed by atoms with E-state index < -0.39 is 0 Å². The van der Waals surface area contributed by atoms with Crippen LogP contribution in [-0.4, -0.2) is 50.7 Å². The minimum atomic E-state index is 0.749. The zero-order valence-corrected chi connectivity index (χ0v) is 29.7. The van der Waals surface area contributed by atoms with Crippen molar-refractivity contribution >= 4 is 6.41 Å². The van der Waals surface area contributed by atoms with Crippen LogP contribution in [0.5, 0.6) is 0 Å². The standard InChI is InChI=1S/C32H52.C8H16N2O2/c1-26(2)13-8-15-28(5)17-10-18-30(7)23-24-32-22-12-21-31(25-32)20-11-19-29(6)16-9-14-27(3)4;11-8-9-2-1-3-10-4-6-12-7-5-10/h13-14,17,19,25,32H,7-12,15-16,18,20-24H2,1-6H3;8H,1-7H2,(H,9,11)/b28-17+,29-19+;/t32-;/m0./s1. The minimum Gasteiger partial charge on any atom is -0.379 e. The van der Waals surface area contributed by atoms with E-state index in [1.165, 1.54) is 92.9 Å². The molecule has 2 rings (SSSR count). The fraction of sp³-hybridized carbons (Fsp3) is 0.675. The molecule has 1 amide bonds. The molecule has 0 saturated carbocycles. The number of nitrogens with zero attached hydrogens (tertiary/aromatic N) is 1. The van der Waals surface area contributed by atoms with E-state index in [1.807, 2.05) is 0 Å². The van der Waals surface area contributed by atoms with Gasteiger partial charge >= 0.3 is 0 Å². The quantitative estimate of drug-likeness (QED) is 0.0849. The van der Waals surface area contributed by atoms with Gasteiger partial charge in [0.25, 0.3) is 0 Å². The molecule has 0 spiro atoms. The number of hydrogen-bond acceptors (Lipinski definition) is 3. The van der Waals surface area contributed by atoms with Gasteiger partial charge in [0.15, 0.2) is 0 Å². The van der Waals surface area contributed by atoms with Crippen LogP contribution in [-0.2, 0) is 9.53 Å². The lowest BCUT2D eigenvalue weighted by Gasteiger charge is -2.26. The molecule has 1 aliphatic heterocycles. The second kappa shape index (κ2) is 26.1. The first-order valence-electron chi connectivity index (χ1n) is 17.6. The Morgan fingerprint density at radius 2 is 1.50 bits per heavy atom. The summed E-state index contributed by atoms with van der Waals surface area (Å²) in [6.07, 6.45) is 30.1. The number of ether oxygens (including phenoxy) is 1. The monoisotopic (exact) mass is 609 g/mol. The van der Waals surface area contributed by atoms with E-state index in [1.54, 1.807) is 11.1 Å². The summed E-state index contributed by atoms with van der Waals surface area (Å²) in [7, 11) is 0. The number of allylic oxidation sites excluding steroid dienone is 11. The van der Waals surface area contributed by atoms with E-state index in [0.717, 1.165) is 71.0 Å². The molecule has 250 valence electrons. The van der Waals surface area contributed by atoms with Crippen molar-refractivity contribution in [2.75, 3.05) is 39.4 Å². The van der Waals surface area contributed by atoms with Gasteiger partial charge in [-0.25, -0.2) is 0 Å². The van der Waals surface area contributed by atoms with E-state index >= 15 is 0 Å². The molecule has 0 aromatic carbocycles. The molecule has 0 radical (unpaired) electrons. The summed E-state index contributed by atoms with van der Waals surface area (Å²) < 4.78 is 5.21. The van der Waals surface area contributed by atoms with E-state index in [-0.39, 0.29) is 0 Å². The first-order valence-corrected chi connectivity index (χ1v) is 17.6. The van der Waals surface area contributed by atoms with Crippen LogP contribution >= 0.6 is 0 Å². The number of nitrogens with one attached hydrogen (secondary N) is 1. The van der Waals surface area contributed by atoms with Crippen LogP contribution in [0.3, 0.4) is 0 Å². The maximum absolute atomic E-state index is 9.91. The molecule has 1 heterocycles. The Bertz CT molecular complexity index is 938. The molecule has 1 aliphatic carbocycles. The molecule has 0 unspecified atom stereocenters. The SMILES string of the molecule is C=C(CC/C=C(\C)CCC=C(C)C)CC[C@H]1C=C(CC/C=C(\C)CCC=C(C)C)CCC1.O=CNCCCN1CCOCC1. The Morgan fingerprint density at radius 3 is 2.11 bits per heavy atom. The number of morpholine rings is 1. The molecule has 1 atom stereocenters. The maximum Gasteiger partial charge on any atom is 0.207 e. The number of carbonyl (C=O) groups is 1. The number of amides is 1. The van der Waals surface area contributed by atoms with Gasteiger partial charge in [-0.1, -0.05) is 70.4 Å². The molecule has 0 bridgehead atoms. The summed E-state index contributed by atoms with van der Waals surface area (Å²) in [5, 5.41) is 2.65. The molecule has 4 nitrogen and oxygen atoms in total. The lowest BCUT2D eigenvalue weighted by Crippen LogP contribution is -2.37. The van der Waals surface area contributed by atoms with Crippen LogP contribution in [0.4, 0.5) is 0 Å². The van der Waals surface area contributed by atoms with Crippen LogP contribution in [0.15, 0.2) is 70.4 Å². The zero-order valence-electron chi connectivity index (χ0n) is 29.7. The third-order valence-electron chi connectivity index (χ3n) is 8.53. The van der Waals surface area contributed by atoms with Gasteiger partial charge < -0.3 is 10.1 Å². The van der Waals surface area contributed by atoms with Gasteiger partial charge in [0.2, 0.25) is 6.41 Å². The van der Waals surface area contributed by atoms with Crippen molar-refractivity contribution in [2.45, 2.75) is 131 Å². The summed E-state index contributed by atoms with van der Waals surface area (Å²) in [4.78, 5) is 12.3. The van der Waals surface area contributed by atoms with Crippen molar-refractivity contribution in [1.29, 1.82) is 0 Å². The Labute approximate surface area is 272 Å². The molecule has 4 heteroatoms. The van der Waals surface area contributed by atoms with E-state index in [4.69, 9.17) is 4.74 Å². The predicted octanol–water partition coefficient (Wildman–Crippen LogP) is 10.4. The van der Waals surface area contributed by atoms with Gasteiger partial charge in [0.05, 0.1) is 13.2 Å². The summed E-state index contributed by atoms with van der Waals surface area (Å²) in [5.41, 5.74) is 9.07. The number of rotatable bonds is 20. The Hall–Kier alpha value is -2.17. The largest absolute Gasteiger partial charge is 0.379 e. The molecular weight excluding hydrogens is 540 g/mol. The van der Waals surface area contributed by atoms with Crippen molar-refractivity contribution in [3.63, 3.8) is 0 Å². The normalized spacial score (nSPS) is 17.6. The van der Waals surface area contributed by atoms with Crippen molar-refractivity contribution in [3.05, 3.63) is 70.4 Å². The molecule has 0 aromatic heterocycles. The molecule has 1 fully saturated rings. The third kappa shape index (κ3) is 23.2. The number of hydrogen-bond donors (Lipinski definition) is 1. The van der Waals surface area contributed by atoms with Gasteiger partial charge in [0, 0.05) is 19.6 Å². The minimum absolute atomic E-state index is 0.749. The van der Waals surface area contributed by atoms with Crippen LogP contribution in [0.25, 0.3) is 0 Å². The summed E-state index contributed by atoms with van der Waals surface area (Å²) >= 11 is 0. The maximum atomic E-state index is 9.91. The highest BCUT2D eigenvalue weighted by molar-refractivity contribution is 5.45. The lowest BCUT2D eigenvalue weighted by atomic mass is 9.85. The Morgan fingerprint density at radius 1 is 0.886 bits per heavy atom. The summed E-state index contributed by atoms with van der Waals surface area (Å²) in [6.45, 7) is 23.3. The Balaban J connectivity index is 0.000000669. The smallest absolute Gasteiger partial charge is 0.207 e. The highest BCUT2D eigenvalue weighted by Crippen LogP contribution is 2.30. The molecule has 2 aliphatic rings. The fourth-order valence-electron chi connectivity index (χ4n) is 5.74.